The maximum atomic E-state index is 11.9. The molecule has 2 rings (SSSR count). The van der Waals surface area contributed by atoms with Gasteiger partial charge in [0.25, 0.3) is 0 Å². The Hall–Kier alpha value is -1.08. The van der Waals surface area contributed by atoms with Crippen LogP contribution >= 0.6 is 23.1 Å². The molecule has 20 heavy (non-hydrogen) atoms. The number of thioether (sulfide) groups is 1. The van der Waals surface area contributed by atoms with E-state index in [1.807, 2.05) is 0 Å². The number of nitrogens with zero attached hydrogens (tertiary/aromatic N) is 1. The molecule has 0 spiro atoms. The number of hydrogen-bond donors (Lipinski definition) is 1. The van der Waals surface area contributed by atoms with Crippen LogP contribution in [0.2, 0.25) is 0 Å². The van der Waals surface area contributed by atoms with Gasteiger partial charge in [-0.15, -0.1) is 11.8 Å². The predicted molar refractivity (Wildman–Crippen MR) is 81.3 cm³/mol. The Bertz CT molecular complexity index is 490. The smallest absolute Gasteiger partial charge is 0.337 e. The van der Waals surface area contributed by atoms with Gasteiger partial charge in [-0.3, -0.25) is 14.9 Å². The largest absolute Gasteiger partial charge is 0.352 e. The summed E-state index contributed by atoms with van der Waals surface area (Å²) in [4.78, 5) is 22.9. The summed E-state index contributed by atoms with van der Waals surface area (Å²) in [7, 11) is 0. The van der Waals surface area contributed by atoms with Crippen molar-refractivity contribution in [3.05, 3.63) is 21.6 Å². The van der Waals surface area contributed by atoms with Crippen molar-refractivity contribution >= 4 is 34.0 Å². The van der Waals surface area contributed by atoms with Crippen molar-refractivity contribution in [2.24, 2.45) is 5.92 Å². The lowest BCUT2D eigenvalue weighted by Crippen LogP contribution is -2.41. The summed E-state index contributed by atoms with van der Waals surface area (Å²) in [6.45, 7) is 2.17. The van der Waals surface area contributed by atoms with E-state index in [2.05, 4.69) is 12.2 Å². The highest BCUT2D eigenvalue weighted by Gasteiger charge is 2.23. The number of carbonyl (C=O) groups is 1. The van der Waals surface area contributed by atoms with Crippen LogP contribution in [0.5, 0.6) is 0 Å². The molecule has 0 radical (unpaired) electrons. The van der Waals surface area contributed by atoms with Crippen molar-refractivity contribution in [2.45, 2.75) is 43.5 Å². The van der Waals surface area contributed by atoms with E-state index in [0.717, 1.165) is 24.2 Å². The average Bonchev–Trinajstić information content (AvgIpc) is 2.88. The molecule has 0 unspecified atom stereocenters. The zero-order chi connectivity index (χ0) is 14.5. The summed E-state index contributed by atoms with van der Waals surface area (Å²) >= 11 is 2.33. The molecular weight excluding hydrogens is 296 g/mol. The lowest BCUT2D eigenvalue weighted by Gasteiger charge is -2.29. The third-order valence-corrected chi connectivity index (χ3v) is 5.63. The molecule has 7 heteroatoms. The van der Waals surface area contributed by atoms with E-state index in [1.165, 1.54) is 24.6 Å². The summed E-state index contributed by atoms with van der Waals surface area (Å²) in [6.07, 6.45) is 4.60. The van der Waals surface area contributed by atoms with Crippen LogP contribution in [0.1, 0.15) is 32.6 Å². The lowest BCUT2D eigenvalue weighted by atomic mass is 9.86. The second-order valence-corrected chi connectivity index (χ2v) is 6.98. The number of hydrogen-bond acceptors (Lipinski definition) is 5. The van der Waals surface area contributed by atoms with Crippen LogP contribution < -0.4 is 5.32 Å². The number of rotatable bonds is 5. The van der Waals surface area contributed by atoms with Crippen LogP contribution in [0, 0.1) is 16.0 Å². The first kappa shape index (κ1) is 15.3. The molecule has 1 aromatic rings. The zero-order valence-electron chi connectivity index (χ0n) is 11.3. The molecule has 0 aromatic carbocycles. The maximum Gasteiger partial charge on any atom is 0.337 e. The highest BCUT2D eigenvalue weighted by Crippen LogP contribution is 2.34. The molecule has 0 saturated heterocycles. The fourth-order valence-corrected chi connectivity index (χ4v) is 4.20. The van der Waals surface area contributed by atoms with Gasteiger partial charge in [0.1, 0.15) is 0 Å². The van der Waals surface area contributed by atoms with Crippen molar-refractivity contribution < 1.29 is 9.72 Å². The minimum absolute atomic E-state index is 0.0331. The second kappa shape index (κ2) is 7.08. The van der Waals surface area contributed by atoms with Crippen LogP contribution in [-0.4, -0.2) is 22.6 Å². The first-order chi connectivity index (χ1) is 9.58. The molecule has 5 nitrogen and oxygen atoms in total. The number of nitrogens with one attached hydrogen (secondary N) is 1. The van der Waals surface area contributed by atoms with Crippen LogP contribution in [0.25, 0.3) is 0 Å². The molecule has 1 aliphatic carbocycles. The average molecular weight is 314 g/mol. The SMILES string of the molecule is C[C@H]1CCCC[C@@H]1NC(=O)CSc1ccsc1[N+](=O)[O-]. The van der Waals surface area contributed by atoms with Gasteiger partial charge in [-0.25, -0.2) is 0 Å². The lowest BCUT2D eigenvalue weighted by molar-refractivity contribution is -0.382. The Labute approximate surface area is 126 Å². The highest BCUT2D eigenvalue weighted by molar-refractivity contribution is 8.00. The summed E-state index contributed by atoms with van der Waals surface area (Å²) in [5.74, 6) is 0.725. The second-order valence-electron chi connectivity index (χ2n) is 5.07. The van der Waals surface area contributed by atoms with Gasteiger partial charge in [0.05, 0.1) is 15.6 Å². The molecule has 1 saturated carbocycles. The summed E-state index contributed by atoms with van der Waals surface area (Å²) in [5.41, 5.74) is 0. The first-order valence-electron chi connectivity index (χ1n) is 6.72. The Kier molecular flexibility index (Phi) is 5.42. The topological polar surface area (TPSA) is 72.2 Å². The van der Waals surface area contributed by atoms with Gasteiger partial charge in [0, 0.05) is 6.04 Å². The monoisotopic (exact) mass is 314 g/mol. The van der Waals surface area contributed by atoms with E-state index in [0.29, 0.717) is 10.8 Å². The van der Waals surface area contributed by atoms with Crippen LogP contribution in [-0.2, 0) is 4.79 Å². The summed E-state index contributed by atoms with van der Waals surface area (Å²) in [5, 5.41) is 15.6. The van der Waals surface area contributed by atoms with Gasteiger partial charge in [0.15, 0.2) is 0 Å². The van der Waals surface area contributed by atoms with Crippen molar-refractivity contribution in [3.8, 4) is 0 Å². The van der Waals surface area contributed by atoms with E-state index in [9.17, 15) is 14.9 Å². The normalized spacial score (nSPS) is 22.4. The van der Waals surface area contributed by atoms with Crippen molar-refractivity contribution in [3.63, 3.8) is 0 Å². The summed E-state index contributed by atoms with van der Waals surface area (Å²) in [6, 6.07) is 1.96. The van der Waals surface area contributed by atoms with Gasteiger partial charge in [-0.2, -0.15) is 0 Å². The Morgan fingerprint density at radius 2 is 2.30 bits per heavy atom. The molecule has 0 aliphatic heterocycles. The third-order valence-electron chi connectivity index (χ3n) is 3.59. The molecule has 0 bridgehead atoms. The molecular formula is C13H18N2O3S2. The maximum absolute atomic E-state index is 11.9. The van der Waals surface area contributed by atoms with E-state index in [4.69, 9.17) is 0 Å². The van der Waals surface area contributed by atoms with E-state index in [1.54, 1.807) is 11.4 Å². The van der Waals surface area contributed by atoms with Gasteiger partial charge >= 0.3 is 5.00 Å². The van der Waals surface area contributed by atoms with E-state index < -0.39 is 4.92 Å². The van der Waals surface area contributed by atoms with Gasteiger partial charge in [0.2, 0.25) is 5.91 Å². The number of carbonyl (C=O) groups excluding carboxylic acids is 1. The molecule has 1 aromatic heterocycles. The molecule has 1 amide bonds. The van der Waals surface area contributed by atoms with E-state index in [-0.39, 0.29) is 22.7 Å². The predicted octanol–water partition coefficient (Wildman–Crippen LogP) is 3.44. The Morgan fingerprint density at radius 3 is 3.00 bits per heavy atom. The van der Waals surface area contributed by atoms with E-state index >= 15 is 0 Å². The van der Waals surface area contributed by atoms with Crippen LogP contribution in [0.4, 0.5) is 5.00 Å². The van der Waals surface area contributed by atoms with Crippen molar-refractivity contribution in [1.82, 2.24) is 5.32 Å². The molecule has 1 N–H and O–H groups in total. The first-order valence-corrected chi connectivity index (χ1v) is 8.58. The molecule has 110 valence electrons. The third kappa shape index (κ3) is 3.96. The van der Waals surface area contributed by atoms with Gasteiger partial charge in [-0.05, 0) is 30.2 Å². The molecule has 1 heterocycles. The number of nitro groups is 1. The van der Waals surface area contributed by atoms with Crippen molar-refractivity contribution in [2.75, 3.05) is 5.75 Å². The molecule has 2 atom stereocenters. The molecule has 1 aliphatic rings. The standard InChI is InChI=1S/C13H18N2O3S2/c1-9-4-2-3-5-10(9)14-12(16)8-20-11-6-7-19-13(11)15(17)18/h6-7,9-10H,2-5,8H2,1H3,(H,14,16)/t9-,10-/m0/s1. The highest BCUT2D eigenvalue weighted by atomic mass is 32.2. The minimum atomic E-state index is -0.395. The van der Waals surface area contributed by atoms with Gasteiger partial charge in [-0.1, -0.05) is 31.1 Å². The Balaban J connectivity index is 1.83. The quantitative estimate of drug-likeness (QED) is 0.513. The number of thiophene rings is 1. The van der Waals surface area contributed by atoms with Gasteiger partial charge < -0.3 is 5.32 Å². The fraction of sp³-hybridized carbons (Fsp3) is 0.615. The zero-order valence-corrected chi connectivity index (χ0v) is 13.0. The summed E-state index contributed by atoms with van der Waals surface area (Å²) < 4.78 is 0. The van der Waals surface area contributed by atoms with Crippen LogP contribution in [0.15, 0.2) is 16.3 Å². The Morgan fingerprint density at radius 1 is 1.55 bits per heavy atom. The molecule has 1 fully saturated rings. The van der Waals surface area contributed by atoms with Crippen molar-refractivity contribution in [1.29, 1.82) is 0 Å². The van der Waals surface area contributed by atoms with Crippen LogP contribution in [0.3, 0.4) is 0 Å². The minimum Gasteiger partial charge on any atom is -0.352 e. The number of amides is 1. The fourth-order valence-electron chi connectivity index (χ4n) is 2.45.